The lowest BCUT2D eigenvalue weighted by Crippen LogP contribution is -2.37. The maximum Gasteiger partial charge on any atom is 0.322 e. The molecular formula is C19H21ClN4O3S. The Morgan fingerprint density at radius 1 is 1.29 bits per heavy atom. The minimum Gasteiger partial charge on any atom is -0.340 e. The first-order valence-corrected chi connectivity index (χ1v) is 10.1. The van der Waals surface area contributed by atoms with E-state index in [0.29, 0.717) is 35.2 Å². The molecule has 3 rings (SSSR count). The van der Waals surface area contributed by atoms with Crippen LogP contribution in [-0.4, -0.2) is 30.9 Å². The molecule has 28 heavy (non-hydrogen) atoms. The smallest absolute Gasteiger partial charge is 0.322 e. The predicted molar refractivity (Wildman–Crippen MR) is 111 cm³/mol. The third kappa shape index (κ3) is 4.45. The Balaban J connectivity index is 1.68. The first-order valence-electron chi connectivity index (χ1n) is 8.92. The molecule has 9 heteroatoms. The summed E-state index contributed by atoms with van der Waals surface area (Å²) in [5.74, 6) is -1.49. The fraction of sp³-hybridized carbons (Fsp3) is 0.316. The molecule has 0 spiro atoms. The minimum atomic E-state index is -0.762. The van der Waals surface area contributed by atoms with Crippen molar-refractivity contribution in [3.8, 4) is 0 Å². The summed E-state index contributed by atoms with van der Waals surface area (Å²) in [7, 11) is 0. The summed E-state index contributed by atoms with van der Waals surface area (Å²) in [6.45, 7) is 4.93. The number of halogens is 1. The normalized spacial score (nSPS) is 14.5. The van der Waals surface area contributed by atoms with Crippen molar-refractivity contribution in [2.24, 2.45) is 0 Å². The van der Waals surface area contributed by atoms with Crippen LogP contribution in [0.2, 0.25) is 4.34 Å². The maximum atomic E-state index is 12.3. The van der Waals surface area contributed by atoms with E-state index in [1.165, 1.54) is 11.3 Å². The summed E-state index contributed by atoms with van der Waals surface area (Å²) in [4.78, 5) is 39.1. The second-order valence-corrected chi connectivity index (χ2v) is 8.16. The van der Waals surface area contributed by atoms with E-state index >= 15 is 0 Å². The Kier molecular flexibility index (Phi) is 6.21. The van der Waals surface area contributed by atoms with Gasteiger partial charge in [-0.2, -0.15) is 0 Å². The second kappa shape index (κ2) is 8.62. The molecule has 0 aliphatic carbocycles. The lowest BCUT2D eigenvalue weighted by atomic mass is 10.1. The van der Waals surface area contributed by atoms with E-state index < -0.39 is 11.8 Å². The summed E-state index contributed by atoms with van der Waals surface area (Å²) >= 11 is 7.33. The number of anilines is 2. The van der Waals surface area contributed by atoms with Gasteiger partial charge < -0.3 is 16.0 Å². The van der Waals surface area contributed by atoms with E-state index in [2.05, 4.69) is 16.0 Å². The molecule has 4 amide bonds. The number of thiophene rings is 1. The molecule has 1 unspecified atom stereocenters. The minimum absolute atomic E-state index is 0.176. The second-order valence-electron chi connectivity index (χ2n) is 6.42. The summed E-state index contributed by atoms with van der Waals surface area (Å²) in [5, 5.41) is 8.08. The number of nitrogens with one attached hydrogen (secondary N) is 3. The molecular weight excluding hydrogens is 400 g/mol. The van der Waals surface area contributed by atoms with Crippen LogP contribution in [0.4, 0.5) is 16.2 Å². The topological polar surface area (TPSA) is 90.5 Å². The number of urea groups is 1. The Morgan fingerprint density at radius 3 is 2.68 bits per heavy atom. The molecule has 2 aromatic rings. The molecule has 1 aliphatic rings. The molecule has 3 N–H and O–H groups in total. The molecule has 1 aliphatic heterocycles. The lowest BCUT2D eigenvalue weighted by Gasteiger charge is -2.19. The molecule has 0 bridgehead atoms. The summed E-state index contributed by atoms with van der Waals surface area (Å²) in [5.41, 5.74) is 2.06. The average Bonchev–Trinajstić information content (AvgIpc) is 3.29. The zero-order valence-electron chi connectivity index (χ0n) is 15.5. The predicted octanol–water partition coefficient (Wildman–Crippen LogP) is 3.45. The van der Waals surface area contributed by atoms with Gasteiger partial charge in [-0.1, -0.05) is 24.6 Å². The Morgan fingerprint density at radius 2 is 2.07 bits per heavy atom. The first kappa shape index (κ1) is 20.2. The van der Waals surface area contributed by atoms with Gasteiger partial charge in [0.25, 0.3) is 0 Å². The van der Waals surface area contributed by atoms with E-state index in [0.717, 1.165) is 10.4 Å². The number of nitrogens with zero attached hydrogens (tertiary/aromatic N) is 1. The molecule has 1 fully saturated rings. The fourth-order valence-corrected chi connectivity index (χ4v) is 4.18. The number of carbonyl (C=O) groups is 3. The van der Waals surface area contributed by atoms with E-state index in [9.17, 15) is 14.4 Å². The zero-order valence-corrected chi connectivity index (χ0v) is 17.1. The number of hydrogen-bond donors (Lipinski definition) is 3. The van der Waals surface area contributed by atoms with Crippen molar-refractivity contribution < 1.29 is 14.4 Å². The monoisotopic (exact) mass is 420 g/mol. The lowest BCUT2D eigenvalue weighted by molar-refractivity contribution is -0.136. The Labute approximate surface area is 172 Å². The van der Waals surface area contributed by atoms with Gasteiger partial charge in [0.05, 0.1) is 16.1 Å². The maximum absolute atomic E-state index is 12.3. The van der Waals surface area contributed by atoms with Crippen LogP contribution in [0.15, 0.2) is 30.3 Å². The third-order valence-corrected chi connectivity index (χ3v) is 5.82. The van der Waals surface area contributed by atoms with Gasteiger partial charge in [0, 0.05) is 23.7 Å². The molecule has 148 valence electrons. The first-order chi connectivity index (χ1) is 13.4. The van der Waals surface area contributed by atoms with Gasteiger partial charge in [-0.15, -0.1) is 11.3 Å². The summed E-state index contributed by atoms with van der Waals surface area (Å²) < 4.78 is 0.630. The average molecular weight is 421 g/mol. The van der Waals surface area contributed by atoms with Gasteiger partial charge in [0.15, 0.2) is 0 Å². The van der Waals surface area contributed by atoms with E-state index in [4.69, 9.17) is 11.6 Å². The molecule has 1 aromatic carbocycles. The number of hydrogen-bond acceptors (Lipinski definition) is 4. The van der Waals surface area contributed by atoms with Crippen molar-refractivity contribution in [1.82, 2.24) is 10.6 Å². The fourth-order valence-electron chi connectivity index (χ4n) is 2.98. The van der Waals surface area contributed by atoms with Crippen molar-refractivity contribution in [3.05, 3.63) is 45.1 Å². The van der Waals surface area contributed by atoms with Gasteiger partial charge in [-0.05, 0) is 43.2 Å². The molecule has 2 heterocycles. The highest BCUT2D eigenvalue weighted by Crippen LogP contribution is 2.29. The van der Waals surface area contributed by atoms with Crippen molar-refractivity contribution in [2.45, 2.75) is 26.3 Å². The SMILES string of the molecule is CCC(NC(=O)C(=O)Nc1ccc(C)c(N2CCNC2=O)c1)c1ccc(Cl)s1. The Bertz CT molecular complexity index is 914. The van der Waals surface area contributed by atoms with Gasteiger partial charge >= 0.3 is 17.8 Å². The number of rotatable bonds is 5. The van der Waals surface area contributed by atoms with Crippen LogP contribution < -0.4 is 20.9 Å². The number of carbonyl (C=O) groups excluding carboxylic acids is 3. The van der Waals surface area contributed by atoms with E-state index in [-0.39, 0.29) is 12.1 Å². The van der Waals surface area contributed by atoms with Crippen molar-refractivity contribution in [2.75, 3.05) is 23.3 Å². The van der Waals surface area contributed by atoms with E-state index in [1.54, 1.807) is 29.2 Å². The van der Waals surface area contributed by atoms with Crippen molar-refractivity contribution >= 4 is 52.2 Å². The molecule has 0 radical (unpaired) electrons. The zero-order chi connectivity index (χ0) is 20.3. The van der Waals surface area contributed by atoms with Crippen molar-refractivity contribution in [3.63, 3.8) is 0 Å². The van der Waals surface area contributed by atoms with Crippen LogP contribution in [0.25, 0.3) is 0 Å². The van der Waals surface area contributed by atoms with Gasteiger partial charge in [0.2, 0.25) is 0 Å². The van der Waals surface area contributed by atoms with E-state index in [1.807, 2.05) is 19.9 Å². The standard InChI is InChI=1S/C19H21ClN4O3S/c1-3-13(15-6-7-16(20)28-15)23-18(26)17(25)22-12-5-4-11(2)14(10-12)24-9-8-21-19(24)27/h4-7,10,13H,3,8-9H2,1-2H3,(H,21,27)(H,22,25)(H,23,26). The van der Waals surface area contributed by atoms with Gasteiger partial charge in [0.1, 0.15) is 0 Å². The van der Waals surface area contributed by atoms with Crippen LogP contribution >= 0.6 is 22.9 Å². The van der Waals surface area contributed by atoms with Crippen LogP contribution in [0.1, 0.15) is 29.8 Å². The van der Waals surface area contributed by atoms with Crippen molar-refractivity contribution in [1.29, 1.82) is 0 Å². The van der Waals surface area contributed by atoms with Gasteiger partial charge in [-0.3, -0.25) is 14.5 Å². The largest absolute Gasteiger partial charge is 0.340 e. The highest BCUT2D eigenvalue weighted by atomic mass is 35.5. The number of amides is 4. The quantitative estimate of drug-likeness (QED) is 0.647. The van der Waals surface area contributed by atoms with Crippen LogP contribution in [0.3, 0.4) is 0 Å². The number of benzene rings is 1. The molecule has 1 atom stereocenters. The third-order valence-electron chi connectivity index (χ3n) is 4.47. The number of aryl methyl sites for hydroxylation is 1. The van der Waals surface area contributed by atoms with Crippen LogP contribution in [-0.2, 0) is 9.59 Å². The van der Waals surface area contributed by atoms with Gasteiger partial charge in [-0.25, -0.2) is 4.79 Å². The molecule has 1 aromatic heterocycles. The molecule has 0 saturated carbocycles. The van der Waals surface area contributed by atoms with Crippen LogP contribution in [0.5, 0.6) is 0 Å². The molecule has 1 saturated heterocycles. The highest BCUT2D eigenvalue weighted by Gasteiger charge is 2.24. The highest BCUT2D eigenvalue weighted by molar-refractivity contribution is 7.16. The summed E-state index contributed by atoms with van der Waals surface area (Å²) in [6, 6.07) is 8.35. The summed E-state index contributed by atoms with van der Waals surface area (Å²) in [6.07, 6.45) is 0.634. The molecule has 7 nitrogen and oxygen atoms in total. The Hall–Kier alpha value is -2.58. The van der Waals surface area contributed by atoms with Crippen LogP contribution in [0, 0.1) is 6.92 Å².